The van der Waals surface area contributed by atoms with Crippen LogP contribution in [0.4, 0.5) is 17.1 Å². The van der Waals surface area contributed by atoms with Crippen molar-refractivity contribution in [3.8, 4) is 11.5 Å². The van der Waals surface area contributed by atoms with Crippen LogP contribution in [-0.4, -0.2) is 25.5 Å². The van der Waals surface area contributed by atoms with E-state index in [0.717, 1.165) is 0 Å². The predicted octanol–water partition coefficient (Wildman–Crippen LogP) is 3.85. The molecule has 0 heterocycles. The number of carbonyl (C=O) groups excluding carboxylic acids is 1. The van der Waals surface area contributed by atoms with Gasteiger partial charge in [0.05, 0.1) is 33.7 Å². The SMILES string of the molecule is CCOc1c(Cl)cccc1NC(=O)c1cc2ccccc2c(N=Nc2ccc(Cl)c(S(=O)(=O)O)c2C)c1[O-].[Na+]. The van der Waals surface area contributed by atoms with Gasteiger partial charge >= 0.3 is 29.6 Å². The van der Waals surface area contributed by atoms with Gasteiger partial charge in [-0.1, -0.05) is 59.3 Å². The van der Waals surface area contributed by atoms with E-state index in [2.05, 4.69) is 15.5 Å². The van der Waals surface area contributed by atoms with Gasteiger partial charge in [-0.3, -0.25) is 9.35 Å². The molecule has 0 bridgehead atoms. The fourth-order valence-electron chi connectivity index (χ4n) is 3.84. The van der Waals surface area contributed by atoms with Crippen molar-refractivity contribution in [1.82, 2.24) is 0 Å². The minimum atomic E-state index is -4.64. The molecular formula is C26H20Cl2N3NaO6S. The Hall–Kier alpha value is -2.70. The Kier molecular flexibility index (Phi) is 10.0. The average Bonchev–Trinajstić information content (AvgIpc) is 2.85. The third-order valence-corrected chi connectivity index (χ3v) is 7.34. The molecule has 39 heavy (non-hydrogen) atoms. The van der Waals surface area contributed by atoms with Crippen LogP contribution in [0, 0.1) is 6.92 Å². The molecule has 2 N–H and O–H groups in total. The molecule has 0 radical (unpaired) electrons. The molecule has 0 aliphatic carbocycles. The van der Waals surface area contributed by atoms with Crippen molar-refractivity contribution in [2.45, 2.75) is 18.7 Å². The molecule has 13 heteroatoms. The number of amides is 1. The van der Waals surface area contributed by atoms with Crippen molar-refractivity contribution in [3.63, 3.8) is 0 Å². The van der Waals surface area contributed by atoms with E-state index in [9.17, 15) is 22.9 Å². The summed E-state index contributed by atoms with van der Waals surface area (Å²) in [5.74, 6) is -1.14. The van der Waals surface area contributed by atoms with Crippen LogP contribution in [0.25, 0.3) is 10.8 Å². The molecular weight excluding hydrogens is 576 g/mol. The summed E-state index contributed by atoms with van der Waals surface area (Å²) < 4.78 is 38.6. The van der Waals surface area contributed by atoms with Crippen molar-refractivity contribution in [1.29, 1.82) is 0 Å². The van der Waals surface area contributed by atoms with Crippen molar-refractivity contribution >= 4 is 67.1 Å². The van der Waals surface area contributed by atoms with Gasteiger partial charge in [-0.2, -0.15) is 18.6 Å². The monoisotopic (exact) mass is 595 g/mol. The number of rotatable bonds is 7. The van der Waals surface area contributed by atoms with Crippen LogP contribution in [0.15, 0.2) is 75.8 Å². The smallest absolute Gasteiger partial charge is 0.870 e. The van der Waals surface area contributed by atoms with Gasteiger partial charge in [0, 0.05) is 10.9 Å². The molecule has 0 unspecified atom stereocenters. The van der Waals surface area contributed by atoms with Crippen LogP contribution in [0.3, 0.4) is 0 Å². The first kappa shape index (κ1) is 30.8. The second-order valence-corrected chi connectivity index (χ2v) is 10.2. The van der Waals surface area contributed by atoms with Crippen molar-refractivity contribution in [3.05, 3.63) is 81.8 Å². The van der Waals surface area contributed by atoms with Crippen molar-refractivity contribution in [2.24, 2.45) is 10.2 Å². The van der Waals surface area contributed by atoms with E-state index in [1.54, 1.807) is 49.4 Å². The van der Waals surface area contributed by atoms with Gasteiger partial charge in [-0.15, -0.1) is 0 Å². The number of anilines is 1. The van der Waals surface area contributed by atoms with Crippen LogP contribution in [0.5, 0.6) is 11.5 Å². The molecule has 0 aliphatic rings. The zero-order chi connectivity index (χ0) is 27.6. The number of nitrogens with zero attached hydrogens (tertiary/aromatic N) is 2. The number of halogens is 2. The van der Waals surface area contributed by atoms with Crippen molar-refractivity contribution in [2.75, 3.05) is 11.9 Å². The number of benzene rings is 4. The topological polar surface area (TPSA) is 140 Å². The van der Waals surface area contributed by atoms with E-state index in [1.165, 1.54) is 25.1 Å². The van der Waals surface area contributed by atoms with Gasteiger partial charge in [-0.05, 0) is 55.1 Å². The Morgan fingerprint density at radius 3 is 2.46 bits per heavy atom. The number of nitrogens with one attached hydrogen (secondary N) is 1. The summed E-state index contributed by atoms with van der Waals surface area (Å²) >= 11 is 12.2. The fraction of sp³-hybridized carbons (Fsp3) is 0.115. The minimum absolute atomic E-state index is 0. The van der Waals surface area contributed by atoms with Gasteiger partial charge < -0.3 is 15.2 Å². The first-order chi connectivity index (χ1) is 18.0. The Labute approximate surface area is 256 Å². The predicted molar refractivity (Wildman–Crippen MR) is 144 cm³/mol. The summed E-state index contributed by atoms with van der Waals surface area (Å²) in [5.41, 5.74) is 0.0488. The van der Waals surface area contributed by atoms with Gasteiger partial charge in [0.25, 0.3) is 16.0 Å². The van der Waals surface area contributed by atoms with Crippen LogP contribution in [-0.2, 0) is 10.1 Å². The maximum absolute atomic E-state index is 13.4. The molecule has 0 atom stereocenters. The summed E-state index contributed by atoms with van der Waals surface area (Å²) in [4.78, 5) is 12.7. The molecule has 0 fully saturated rings. The number of azo groups is 1. The zero-order valence-corrected chi connectivity index (χ0v) is 25.4. The minimum Gasteiger partial charge on any atom is -0.870 e. The number of hydrogen-bond acceptors (Lipinski definition) is 7. The Morgan fingerprint density at radius 2 is 1.77 bits per heavy atom. The molecule has 9 nitrogen and oxygen atoms in total. The second kappa shape index (κ2) is 12.6. The molecule has 196 valence electrons. The molecule has 0 saturated heterocycles. The Bertz CT molecular complexity index is 1710. The molecule has 4 aromatic rings. The molecule has 0 saturated carbocycles. The first-order valence-electron chi connectivity index (χ1n) is 11.2. The van der Waals surface area contributed by atoms with Gasteiger partial charge in [0.15, 0.2) is 5.75 Å². The summed E-state index contributed by atoms with van der Waals surface area (Å²) in [7, 11) is -4.64. The maximum atomic E-state index is 13.4. The molecule has 1 amide bonds. The standard InChI is InChI=1S/C26H21Cl2N3O6S.Na/c1-3-37-24-18(27)9-6-10-21(24)29-26(33)17-13-15-7-4-5-8-16(15)22(23(17)32)31-30-20-12-11-19(28)25(14(20)2)38(34,35)36;/h4-13,32H,3H2,1-2H3,(H,29,33)(H,34,35,36);/q;+1/p-1. The molecule has 4 rings (SSSR count). The average molecular weight is 596 g/mol. The van der Waals surface area contributed by atoms with E-state index >= 15 is 0 Å². The maximum Gasteiger partial charge on any atom is 1.00 e. The van der Waals surface area contributed by atoms with Crippen LogP contribution in [0.2, 0.25) is 10.0 Å². The summed E-state index contributed by atoms with van der Waals surface area (Å²) in [6.07, 6.45) is 0. The number of para-hydroxylation sites is 1. The van der Waals surface area contributed by atoms with E-state index < -0.39 is 26.7 Å². The van der Waals surface area contributed by atoms with Crippen LogP contribution in [0.1, 0.15) is 22.8 Å². The first-order valence-corrected chi connectivity index (χ1v) is 13.4. The molecule has 0 aromatic heterocycles. The van der Waals surface area contributed by atoms with E-state index in [4.69, 9.17) is 27.9 Å². The number of hydrogen-bond donors (Lipinski definition) is 2. The third kappa shape index (κ3) is 6.55. The molecule has 4 aromatic carbocycles. The summed E-state index contributed by atoms with van der Waals surface area (Å²) in [5, 5.41) is 25.4. The van der Waals surface area contributed by atoms with Gasteiger partial charge in [-0.25, -0.2) is 0 Å². The Morgan fingerprint density at radius 1 is 1.05 bits per heavy atom. The van der Waals surface area contributed by atoms with Gasteiger partial charge in [0.2, 0.25) is 0 Å². The van der Waals surface area contributed by atoms with Gasteiger partial charge in [0.1, 0.15) is 4.90 Å². The second-order valence-electron chi connectivity index (χ2n) is 8.02. The zero-order valence-electron chi connectivity index (χ0n) is 21.0. The normalized spacial score (nSPS) is 11.4. The largest absolute Gasteiger partial charge is 1.00 e. The number of ether oxygens (including phenoxy) is 1. The molecule has 0 spiro atoms. The quantitative estimate of drug-likeness (QED) is 0.189. The van der Waals surface area contributed by atoms with Crippen LogP contribution >= 0.6 is 23.2 Å². The van der Waals surface area contributed by atoms with E-state index in [-0.39, 0.29) is 68.5 Å². The third-order valence-electron chi connectivity index (χ3n) is 5.57. The fourth-order valence-corrected chi connectivity index (χ4v) is 5.37. The van der Waals surface area contributed by atoms with E-state index in [0.29, 0.717) is 22.4 Å². The Balaban J connectivity index is 0.00000420. The number of fused-ring (bicyclic) bond motifs is 1. The molecule has 0 aliphatic heterocycles. The summed E-state index contributed by atoms with van der Waals surface area (Å²) in [6.45, 7) is 3.47. The van der Waals surface area contributed by atoms with Crippen LogP contribution < -0.4 is 44.7 Å². The van der Waals surface area contributed by atoms with Crippen molar-refractivity contribution < 1.29 is 57.2 Å². The number of carbonyl (C=O) groups is 1. The summed E-state index contributed by atoms with van der Waals surface area (Å²) in [6, 6.07) is 15.7. The van der Waals surface area contributed by atoms with E-state index in [1.807, 2.05) is 0 Å².